The van der Waals surface area contributed by atoms with Crippen LogP contribution in [0.4, 0.5) is 0 Å². The molecule has 2 atom stereocenters. The van der Waals surface area contributed by atoms with Gasteiger partial charge in [0.2, 0.25) is 0 Å². The molecule has 0 bridgehead atoms. The molecule has 0 fully saturated rings. The minimum atomic E-state index is 0.198. The van der Waals surface area contributed by atoms with Crippen molar-refractivity contribution in [2.45, 2.75) is 45.7 Å². The maximum Gasteiger partial charge on any atom is 0.0587 e. The number of aliphatic hydroxyl groups excluding tert-OH is 1. The predicted molar refractivity (Wildman–Crippen MR) is 73.1 cm³/mol. The van der Waals surface area contributed by atoms with Gasteiger partial charge in [-0.25, -0.2) is 0 Å². The lowest BCUT2D eigenvalue weighted by atomic mass is 9.99. The van der Waals surface area contributed by atoms with E-state index >= 15 is 0 Å². The maximum absolute atomic E-state index is 9.34. The van der Waals surface area contributed by atoms with Gasteiger partial charge in [-0.3, -0.25) is 0 Å². The smallest absolute Gasteiger partial charge is 0.0587 e. The molecule has 2 heteroatoms. The molecule has 17 heavy (non-hydrogen) atoms. The largest absolute Gasteiger partial charge is 0.395 e. The van der Waals surface area contributed by atoms with E-state index in [0.29, 0.717) is 12.0 Å². The van der Waals surface area contributed by atoms with Crippen LogP contribution >= 0.6 is 0 Å². The van der Waals surface area contributed by atoms with Gasteiger partial charge in [0.15, 0.2) is 0 Å². The normalized spacial score (nSPS) is 14.9. The molecule has 2 N–H and O–H groups in total. The van der Waals surface area contributed by atoms with E-state index in [0.717, 1.165) is 12.8 Å². The van der Waals surface area contributed by atoms with Crippen molar-refractivity contribution in [2.24, 2.45) is 5.92 Å². The number of rotatable bonds is 7. The summed E-state index contributed by atoms with van der Waals surface area (Å²) in [6.07, 6.45) is 2.11. The average Bonchev–Trinajstić information content (AvgIpc) is 2.35. The second kappa shape index (κ2) is 7.46. The van der Waals surface area contributed by atoms with Gasteiger partial charge in [-0.2, -0.15) is 0 Å². The van der Waals surface area contributed by atoms with Crippen molar-refractivity contribution in [1.82, 2.24) is 5.32 Å². The molecule has 0 aliphatic heterocycles. The third-order valence-corrected chi connectivity index (χ3v) is 3.27. The van der Waals surface area contributed by atoms with E-state index in [2.05, 4.69) is 50.4 Å². The standard InChI is InChI=1S/C15H25NO/c1-4-14(16-15(11-17)12(2)3)10-13-8-6-5-7-9-13/h5-9,12,14-17H,4,10-11H2,1-3H3. The summed E-state index contributed by atoms with van der Waals surface area (Å²) in [5.41, 5.74) is 1.35. The van der Waals surface area contributed by atoms with E-state index in [1.807, 2.05) is 6.07 Å². The molecular formula is C15H25NO. The molecule has 2 unspecified atom stereocenters. The van der Waals surface area contributed by atoms with Crippen LogP contribution in [0.5, 0.6) is 0 Å². The van der Waals surface area contributed by atoms with Gasteiger partial charge < -0.3 is 10.4 Å². The first-order chi connectivity index (χ1) is 8.17. The zero-order chi connectivity index (χ0) is 12.7. The monoisotopic (exact) mass is 235 g/mol. The van der Waals surface area contributed by atoms with Gasteiger partial charge in [-0.05, 0) is 24.3 Å². The number of aliphatic hydroxyl groups is 1. The highest BCUT2D eigenvalue weighted by atomic mass is 16.3. The first-order valence-corrected chi connectivity index (χ1v) is 6.58. The third kappa shape index (κ3) is 4.88. The zero-order valence-corrected chi connectivity index (χ0v) is 11.2. The van der Waals surface area contributed by atoms with Crippen molar-refractivity contribution in [1.29, 1.82) is 0 Å². The molecule has 0 heterocycles. The fourth-order valence-electron chi connectivity index (χ4n) is 1.98. The lowest BCUT2D eigenvalue weighted by Gasteiger charge is -2.26. The van der Waals surface area contributed by atoms with Crippen LogP contribution in [0.25, 0.3) is 0 Å². The van der Waals surface area contributed by atoms with Gasteiger partial charge in [-0.15, -0.1) is 0 Å². The van der Waals surface area contributed by atoms with Crippen LogP contribution in [0.15, 0.2) is 30.3 Å². The quantitative estimate of drug-likeness (QED) is 0.761. The Morgan fingerprint density at radius 1 is 1.18 bits per heavy atom. The highest BCUT2D eigenvalue weighted by molar-refractivity contribution is 5.15. The summed E-state index contributed by atoms with van der Waals surface area (Å²) in [6.45, 7) is 6.69. The highest BCUT2D eigenvalue weighted by Crippen LogP contribution is 2.09. The Balaban J connectivity index is 2.54. The molecular weight excluding hydrogens is 210 g/mol. The van der Waals surface area contributed by atoms with Crippen LogP contribution in [-0.4, -0.2) is 23.8 Å². The van der Waals surface area contributed by atoms with E-state index in [4.69, 9.17) is 0 Å². The molecule has 0 aliphatic rings. The summed E-state index contributed by atoms with van der Waals surface area (Å²) >= 11 is 0. The molecule has 2 nitrogen and oxygen atoms in total. The number of hydrogen-bond donors (Lipinski definition) is 2. The Hall–Kier alpha value is -0.860. The number of hydrogen-bond acceptors (Lipinski definition) is 2. The molecule has 0 saturated carbocycles. The average molecular weight is 235 g/mol. The molecule has 0 aliphatic carbocycles. The van der Waals surface area contributed by atoms with Crippen LogP contribution in [0.3, 0.4) is 0 Å². The molecule has 0 spiro atoms. The van der Waals surface area contributed by atoms with Gasteiger partial charge in [0.1, 0.15) is 0 Å². The van der Waals surface area contributed by atoms with Crippen LogP contribution in [-0.2, 0) is 6.42 Å². The Labute approximate surface area is 105 Å². The lowest BCUT2D eigenvalue weighted by molar-refractivity contribution is 0.197. The fraction of sp³-hybridized carbons (Fsp3) is 0.600. The van der Waals surface area contributed by atoms with Crippen LogP contribution < -0.4 is 5.32 Å². The minimum absolute atomic E-state index is 0.198. The van der Waals surface area contributed by atoms with E-state index in [-0.39, 0.29) is 12.6 Å². The summed E-state index contributed by atoms with van der Waals surface area (Å²) in [5, 5.41) is 12.9. The van der Waals surface area contributed by atoms with Gasteiger partial charge in [0, 0.05) is 12.1 Å². The van der Waals surface area contributed by atoms with Gasteiger partial charge in [0.05, 0.1) is 6.61 Å². The molecule has 0 saturated heterocycles. The zero-order valence-electron chi connectivity index (χ0n) is 11.2. The molecule has 1 aromatic rings. The third-order valence-electron chi connectivity index (χ3n) is 3.27. The first-order valence-electron chi connectivity index (χ1n) is 6.58. The van der Waals surface area contributed by atoms with E-state index in [1.54, 1.807) is 0 Å². The summed E-state index contributed by atoms with van der Waals surface area (Å²) in [4.78, 5) is 0. The second-order valence-electron chi connectivity index (χ2n) is 4.99. The van der Waals surface area contributed by atoms with Crippen LogP contribution in [0.1, 0.15) is 32.8 Å². The highest BCUT2D eigenvalue weighted by Gasteiger charge is 2.16. The summed E-state index contributed by atoms with van der Waals surface area (Å²) in [7, 11) is 0. The van der Waals surface area contributed by atoms with E-state index in [1.165, 1.54) is 5.56 Å². The van der Waals surface area contributed by atoms with Crippen molar-refractivity contribution in [2.75, 3.05) is 6.61 Å². The SMILES string of the molecule is CCC(Cc1ccccc1)NC(CO)C(C)C. The summed E-state index contributed by atoms with van der Waals surface area (Å²) in [6, 6.07) is 11.2. The van der Waals surface area contributed by atoms with Crippen LogP contribution in [0.2, 0.25) is 0 Å². The molecule has 0 amide bonds. The Morgan fingerprint density at radius 3 is 2.29 bits per heavy atom. The molecule has 96 valence electrons. The Morgan fingerprint density at radius 2 is 1.82 bits per heavy atom. The Kier molecular flexibility index (Phi) is 6.23. The topological polar surface area (TPSA) is 32.3 Å². The van der Waals surface area contributed by atoms with Crippen molar-refractivity contribution in [3.8, 4) is 0 Å². The number of nitrogens with one attached hydrogen (secondary N) is 1. The van der Waals surface area contributed by atoms with Crippen molar-refractivity contribution in [3.63, 3.8) is 0 Å². The number of benzene rings is 1. The van der Waals surface area contributed by atoms with Crippen molar-refractivity contribution in [3.05, 3.63) is 35.9 Å². The van der Waals surface area contributed by atoms with E-state index < -0.39 is 0 Å². The van der Waals surface area contributed by atoms with Crippen molar-refractivity contribution < 1.29 is 5.11 Å². The van der Waals surface area contributed by atoms with Crippen LogP contribution in [0, 0.1) is 5.92 Å². The summed E-state index contributed by atoms with van der Waals surface area (Å²) < 4.78 is 0. The van der Waals surface area contributed by atoms with Gasteiger partial charge >= 0.3 is 0 Å². The second-order valence-corrected chi connectivity index (χ2v) is 4.99. The summed E-state index contributed by atoms with van der Waals surface area (Å²) in [5.74, 6) is 0.463. The molecule has 0 radical (unpaired) electrons. The van der Waals surface area contributed by atoms with Gasteiger partial charge in [0.25, 0.3) is 0 Å². The molecule has 1 rings (SSSR count). The fourth-order valence-corrected chi connectivity index (χ4v) is 1.98. The lowest BCUT2D eigenvalue weighted by Crippen LogP contribution is -2.44. The Bertz CT molecular complexity index is 297. The minimum Gasteiger partial charge on any atom is -0.395 e. The molecule has 1 aromatic carbocycles. The van der Waals surface area contributed by atoms with E-state index in [9.17, 15) is 5.11 Å². The maximum atomic E-state index is 9.34. The van der Waals surface area contributed by atoms with Crippen molar-refractivity contribution >= 4 is 0 Å². The molecule has 0 aromatic heterocycles. The predicted octanol–water partition coefficient (Wildman–Crippen LogP) is 2.61. The van der Waals surface area contributed by atoms with Gasteiger partial charge in [-0.1, -0.05) is 51.1 Å². The first kappa shape index (κ1) is 14.2.